The van der Waals surface area contributed by atoms with Gasteiger partial charge in [-0.2, -0.15) is 0 Å². The summed E-state index contributed by atoms with van der Waals surface area (Å²) >= 11 is 7.91. The van der Waals surface area contributed by atoms with E-state index in [1.165, 1.54) is 0 Å². The fourth-order valence-corrected chi connectivity index (χ4v) is 4.34. The quantitative estimate of drug-likeness (QED) is 0.404. The van der Waals surface area contributed by atoms with Crippen LogP contribution < -0.4 is 10.0 Å². The summed E-state index contributed by atoms with van der Waals surface area (Å²) in [6.07, 6.45) is 3.03. The number of aromatic nitrogens is 1. The molecule has 1 atom stereocenters. The molecule has 1 aliphatic heterocycles. The third kappa shape index (κ3) is 4.12. The number of anilines is 1. The largest absolute Gasteiger partial charge is 0.489 e. The summed E-state index contributed by atoms with van der Waals surface area (Å²) < 4.78 is 9.38. The van der Waals surface area contributed by atoms with Crippen molar-refractivity contribution in [1.29, 1.82) is 0 Å². The summed E-state index contributed by atoms with van der Waals surface area (Å²) in [5, 5.41) is 4.97. The van der Waals surface area contributed by atoms with Gasteiger partial charge in [-0.25, -0.2) is 0 Å². The van der Waals surface area contributed by atoms with E-state index in [0.29, 0.717) is 0 Å². The maximum atomic E-state index is 6.36. The topological polar surface area (TPSA) is 46.2 Å². The Morgan fingerprint density at radius 1 is 1.32 bits per heavy atom. The Morgan fingerprint density at radius 2 is 2.14 bits per heavy atom. The maximum absolute atomic E-state index is 6.36. The van der Waals surface area contributed by atoms with Gasteiger partial charge in [0.2, 0.25) is 0 Å². The standard InChI is InChI=1S/C22H22ClN3OS/c1-14-12-20(23)19-4-3-10-25-22(19)21(14)26-28-18-7-5-16(6-8-18)15(2)27-17-9-11-24-13-17/h3-8,10,12,17,24,26H,2,9,11,13H2,1H3. The Labute approximate surface area is 174 Å². The van der Waals surface area contributed by atoms with E-state index in [2.05, 4.69) is 33.7 Å². The lowest BCUT2D eigenvalue weighted by atomic mass is 10.1. The van der Waals surface area contributed by atoms with E-state index in [9.17, 15) is 0 Å². The highest BCUT2D eigenvalue weighted by molar-refractivity contribution is 8.00. The first-order chi connectivity index (χ1) is 13.6. The van der Waals surface area contributed by atoms with Crippen molar-refractivity contribution >= 4 is 45.9 Å². The molecule has 4 nitrogen and oxygen atoms in total. The van der Waals surface area contributed by atoms with Crippen molar-refractivity contribution in [3.05, 3.63) is 71.4 Å². The van der Waals surface area contributed by atoms with Gasteiger partial charge in [-0.1, -0.05) is 30.3 Å². The Morgan fingerprint density at radius 3 is 2.89 bits per heavy atom. The molecule has 0 amide bonds. The van der Waals surface area contributed by atoms with Crippen molar-refractivity contribution in [2.24, 2.45) is 0 Å². The van der Waals surface area contributed by atoms with E-state index in [-0.39, 0.29) is 6.10 Å². The van der Waals surface area contributed by atoms with Crippen LogP contribution in [0, 0.1) is 6.92 Å². The summed E-state index contributed by atoms with van der Waals surface area (Å²) in [5.41, 5.74) is 3.93. The summed E-state index contributed by atoms with van der Waals surface area (Å²) in [6.45, 7) is 8.00. The molecule has 6 heteroatoms. The minimum Gasteiger partial charge on any atom is -0.489 e. The van der Waals surface area contributed by atoms with Crippen LogP contribution in [0.1, 0.15) is 17.5 Å². The molecule has 0 spiro atoms. The second-order valence-corrected chi connectivity index (χ2v) is 8.12. The molecule has 0 aliphatic carbocycles. The summed E-state index contributed by atoms with van der Waals surface area (Å²) in [7, 11) is 0. The van der Waals surface area contributed by atoms with Gasteiger partial charge in [-0.05, 0) is 67.7 Å². The molecule has 4 rings (SSSR count). The molecule has 0 saturated carbocycles. The van der Waals surface area contributed by atoms with Crippen molar-refractivity contribution in [2.75, 3.05) is 17.8 Å². The summed E-state index contributed by atoms with van der Waals surface area (Å²) in [4.78, 5) is 5.60. The van der Waals surface area contributed by atoms with Gasteiger partial charge in [0.15, 0.2) is 0 Å². The van der Waals surface area contributed by atoms with Crippen LogP contribution in [0.25, 0.3) is 16.7 Å². The third-order valence-electron chi connectivity index (χ3n) is 4.81. The fourth-order valence-electron chi connectivity index (χ4n) is 3.27. The molecule has 2 aromatic carbocycles. The normalized spacial score (nSPS) is 16.3. The molecule has 2 heterocycles. The molecule has 1 aromatic heterocycles. The Kier molecular flexibility index (Phi) is 5.76. The average Bonchev–Trinajstić information content (AvgIpc) is 3.21. The number of nitrogens with zero attached hydrogens (tertiary/aromatic N) is 1. The van der Waals surface area contributed by atoms with Crippen LogP contribution in [0.15, 0.2) is 60.1 Å². The molecule has 1 saturated heterocycles. The Hall–Kier alpha value is -2.21. The van der Waals surface area contributed by atoms with Crippen LogP contribution in [-0.2, 0) is 4.74 Å². The van der Waals surface area contributed by atoms with Gasteiger partial charge in [0, 0.05) is 28.6 Å². The average molecular weight is 412 g/mol. The predicted octanol–water partition coefficient (Wildman–Crippen LogP) is 5.67. The molecule has 1 aliphatic rings. The molecule has 1 fully saturated rings. The molecule has 28 heavy (non-hydrogen) atoms. The zero-order chi connectivity index (χ0) is 19.5. The summed E-state index contributed by atoms with van der Waals surface area (Å²) in [5.74, 6) is 0.724. The molecule has 2 N–H and O–H groups in total. The van der Waals surface area contributed by atoms with Crippen molar-refractivity contribution in [3.8, 4) is 0 Å². The van der Waals surface area contributed by atoms with Gasteiger partial charge < -0.3 is 14.8 Å². The van der Waals surface area contributed by atoms with Crippen molar-refractivity contribution in [2.45, 2.75) is 24.3 Å². The first kappa shape index (κ1) is 19.1. The SMILES string of the molecule is C=C(OC1CCNC1)c1ccc(SNc2c(C)cc(Cl)c3cccnc23)cc1. The first-order valence-electron chi connectivity index (χ1n) is 9.25. The van der Waals surface area contributed by atoms with Gasteiger partial charge >= 0.3 is 0 Å². The van der Waals surface area contributed by atoms with Gasteiger partial charge in [-0.15, -0.1) is 0 Å². The number of halogens is 1. The maximum Gasteiger partial charge on any atom is 0.119 e. The molecular weight excluding hydrogens is 390 g/mol. The van der Waals surface area contributed by atoms with Crippen molar-refractivity contribution in [1.82, 2.24) is 10.3 Å². The van der Waals surface area contributed by atoms with E-state index < -0.39 is 0 Å². The van der Waals surface area contributed by atoms with Gasteiger partial charge in [0.05, 0.1) is 16.2 Å². The minimum atomic E-state index is 0.219. The van der Waals surface area contributed by atoms with Crippen LogP contribution >= 0.6 is 23.5 Å². The third-order valence-corrected chi connectivity index (χ3v) is 5.94. The predicted molar refractivity (Wildman–Crippen MR) is 119 cm³/mol. The van der Waals surface area contributed by atoms with Crippen LogP contribution in [-0.4, -0.2) is 24.2 Å². The molecule has 0 bridgehead atoms. The van der Waals surface area contributed by atoms with E-state index in [1.54, 1.807) is 18.1 Å². The number of benzene rings is 2. The van der Waals surface area contributed by atoms with Gasteiger partial charge in [0.25, 0.3) is 0 Å². The number of nitrogens with one attached hydrogen (secondary N) is 2. The van der Waals surface area contributed by atoms with Crippen LogP contribution in [0.5, 0.6) is 0 Å². The van der Waals surface area contributed by atoms with Crippen LogP contribution in [0.3, 0.4) is 0 Å². The fraction of sp³-hybridized carbons (Fsp3) is 0.227. The van der Waals surface area contributed by atoms with E-state index in [0.717, 1.165) is 62.9 Å². The van der Waals surface area contributed by atoms with Crippen LogP contribution in [0.4, 0.5) is 5.69 Å². The second kappa shape index (κ2) is 8.43. The van der Waals surface area contributed by atoms with E-state index in [1.807, 2.05) is 37.3 Å². The highest BCUT2D eigenvalue weighted by Gasteiger charge is 2.17. The lowest BCUT2D eigenvalue weighted by Gasteiger charge is -2.15. The highest BCUT2D eigenvalue weighted by Crippen LogP contribution is 2.34. The number of fused-ring (bicyclic) bond motifs is 1. The van der Waals surface area contributed by atoms with Gasteiger partial charge in [0.1, 0.15) is 11.9 Å². The van der Waals surface area contributed by atoms with Crippen molar-refractivity contribution < 1.29 is 4.74 Å². The Balaban J connectivity index is 1.46. The molecule has 0 radical (unpaired) electrons. The second-order valence-electron chi connectivity index (χ2n) is 6.83. The van der Waals surface area contributed by atoms with E-state index in [4.69, 9.17) is 16.3 Å². The van der Waals surface area contributed by atoms with E-state index >= 15 is 0 Å². The smallest absolute Gasteiger partial charge is 0.119 e. The molecule has 1 unspecified atom stereocenters. The summed E-state index contributed by atoms with van der Waals surface area (Å²) in [6, 6.07) is 14.1. The van der Waals surface area contributed by atoms with Crippen molar-refractivity contribution in [3.63, 3.8) is 0 Å². The minimum absolute atomic E-state index is 0.219. The lowest BCUT2D eigenvalue weighted by Crippen LogP contribution is -2.15. The molecule has 3 aromatic rings. The van der Waals surface area contributed by atoms with Crippen LogP contribution in [0.2, 0.25) is 5.02 Å². The lowest BCUT2D eigenvalue weighted by molar-refractivity contribution is 0.187. The number of hydrogen-bond donors (Lipinski definition) is 2. The number of aryl methyl sites for hydroxylation is 1. The zero-order valence-electron chi connectivity index (χ0n) is 15.7. The first-order valence-corrected chi connectivity index (χ1v) is 10.4. The van der Waals surface area contributed by atoms with Gasteiger partial charge in [-0.3, -0.25) is 4.98 Å². The molecule has 144 valence electrons. The number of pyridine rings is 1. The zero-order valence-corrected chi connectivity index (χ0v) is 17.2. The Bertz CT molecular complexity index is 1000. The monoisotopic (exact) mass is 411 g/mol. The number of rotatable bonds is 6. The number of ether oxygens (including phenoxy) is 1. The number of hydrogen-bond acceptors (Lipinski definition) is 5. The highest BCUT2D eigenvalue weighted by atomic mass is 35.5. The molecular formula is C22H22ClN3OS.